The molecule has 0 radical (unpaired) electrons. The van der Waals surface area contributed by atoms with Crippen LogP contribution in [0.3, 0.4) is 0 Å². The highest BCUT2D eigenvalue weighted by molar-refractivity contribution is 9.10. The maximum atomic E-state index is 10.6. The van der Waals surface area contributed by atoms with E-state index in [1.165, 1.54) is 0 Å². The third-order valence-electron chi connectivity index (χ3n) is 2.01. The fraction of sp³-hybridized carbons (Fsp3) is 0.0909. The van der Waals surface area contributed by atoms with E-state index in [0.29, 0.717) is 5.89 Å². The van der Waals surface area contributed by atoms with E-state index in [0.717, 1.165) is 21.9 Å². The average molecular weight is 282 g/mol. The molecule has 0 aliphatic heterocycles. The molecule has 82 valence electrons. The van der Waals surface area contributed by atoms with Gasteiger partial charge < -0.3 is 9.52 Å². The first-order valence-corrected chi connectivity index (χ1v) is 5.32. The minimum atomic E-state index is -1.10. The second-order valence-electron chi connectivity index (χ2n) is 3.36. The summed E-state index contributed by atoms with van der Waals surface area (Å²) in [6.45, 7) is 1.94. The minimum Gasteiger partial charge on any atom is -0.476 e. The number of carbonyl (C=O) groups is 1. The Morgan fingerprint density at radius 1 is 1.44 bits per heavy atom. The second-order valence-corrected chi connectivity index (χ2v) is 4.28. The number of carboxylic acid groups (broad SMARTS) is 1. The van der Waals surface area contributed by atoms with E-state index in [1.54, 1.807) is 0 Å². The van der Waals surface area contributed by atoms with Crippen LogP contribution in [0.5, 0.6) is 0 Å². The Labute approximate surface area is 100 Å². The molecule has 1 aromatic heterocycles. The van der Waals surface area contributed by atoms with E-state index in [1.807, 2.05) is 25.1 Å². The first-order valence-electron chi connectivity index (χ1n) is 4.52. The van der Waals surface area contributed by atoms with E-state index >= 15 is 0 Å². The van der Waals surface area contributed by atoms with Crippen molar-refractivity contribution < 1.29 is 14.3 Å². The third kappa shape index (κ3) is 2.14. The smallest absolute Gasteiger partial charge is 0.357 e. The lowest BCUT2D eigenvalue weighted by molar-refractivity contribution is 0.0690. The summed E-state index contributed by atoms with van der Waals surface area (Å²) in [7, 11) is 0. The topological polar surface area (TPSA) is 63.3 Å². The monoisotopic (exact) mass is 281 g/mol. The lowest BCUT2D eigenvalue weighted by Crippen LogP contribution is -1.95. The fourth-order valence-electron chi connectivity index (χ4n) is 1.36. The molecule has 0 aliphatic carbocycles. The van der Waals surface area contributed by atoms with Gasteiger partial charge in [0.25, 0.3) is 0 Å². The first-order chi connectivity index (χ1) is 7.56. The largest absolute Gasteiger partial charge is 0.476 e. The van der Waals surface area contributed by atoms with Gasteiger partial charge in [0.15, 0.2) is 5.69 Å². The fourth-order valence-corrected chi connectivity index (χ4v) is 1.97. The molecule has 5 heteroatoms. The number of nitrogens with zero attached hydrogens (tertiary/aromatic N) is 1. The number of aryl methyl sites for hydroxylation is 1. The van der Waals surface area contributed by atoms with Crippen LogP contribution in [0.1, 0.15) is 16.1 Å². The molecule has 1 N–H and O–H groups in total. The number of benzene rings is 1. The lowest BCUT2D eigenvalue weighted by atomic mass is 10.1. The minimum absolute atomic E-state index is 0.0902. The Hall–Kier alpha value is -1.62. The molecule has 16 heavy (non-hydrogen) atoms. The second kappa shape index (κ2) is 4.09. The molecule has 0 atom stereocenters. The van der Waals surface area contributed by atoms with Gasteiger partial charge in [-0.2, -0.15) is 0 Å². The molecule has 1 heterocycles. The van der Waals surface area contributed by atoms with Crippen LogP contribution in [0.2, 0.25) is 0 Å². The zero-order valence-electron chi connectivity index (χ0n) is 8.40. The number of aromatic carboxylic acids is 1. The summed E-state index contributed by atoms with van der Waals surface area (Å²) in [6.07, 6.45) is 1.13. The molecule has 2 aromatic rings. The highest BCUT2D eigenvalue weighted by Crippen LogP contribution is 2.24. The first kappa shape index (κ1) is 10.9. The maximum absolute atomic E-state index is 10.6. The van der Waals surface area contributed by atoms with Crippen molar-refractivity contribution in [2.45, 2.75) is 6.92 Å². The number of carboxylic acids is 1. The highest BCUT2D eigenvalue weighted by Gasteiger charge is 2.12. The van der Waals surface area contributed by atoms with Crippen molar-refractivity contribution >= 4 is 21.9 Å². The van der Waals surface area contributed by atoms with Crippen molar-refractivity contribution in [1.29, 1.82) is 0 Å². The van der Waals surface area contributed by atoms with Crippen molar-refractivity contribution in [2.24, 2.45) is 0 Å². The van der Waals surface area contributed by atoms with Crippen LogP contribution in [-0.2, 0) is 0 Å². The Bertz CT molecular complexity index is 528. The van der Waals surface area contributed by atoms with Crippen molar-refractivity contribution in [3.63, 3.8) is 0 Å². The number of aromatic nitrogens is 1. The van der Waals surface area contributed by atoms with Gasteiger partial charge in [0.1, 0.15) is 6.26 Å². The molecule has 0 spiro atoms. The molecule has 0 amide bonds. The summed E-state index contributed by atoms with van der Waals surface area (Å²) >= 11 is 3.36. The SMILES string of the molecule is Cc1cc(Br)cc(-c2nc(C(=O)O)co2)c1. The molecule has 2 rings (SSSR count). The lowest BCUT2D eigenvalue weighted by Gasteiger charge is -1.99. The van der Waals surface area contributed by atoms with E-state index in [-0.39, 0.29) is 5.69 Å². The van der Waals surface area contributed by atoms with Gasteiger partial charge in [-0.3, -0.25) is 0 Å². The molecular weight excluding hydrogens is 274 g/mol. The summed E-state index contributed by atoms with van der Waals surface area (Å²) in [4.78, 5) is 14.5. The van der Waals surface area contributed by atoms with Crippen LogP contribution >= 0.6 is 15.9 Å². The van der Waals surface area contributed by atoms with Crippen molar-refractivity contribution in [3.8, 4) is 11.5 Å². The molecule has 0 bridgehead atoms. The number of hydrogen-bond acceptors (Lipinski definition) is 3. The Balaban J connectivity index is 2.46. The van der Waals surface area contributed by atoms with Gasteiger partial charge in [0.2, 0.25) is 5.89 Å². The predicted octanol–water partition coefficient (Wildman–Crippen LogP) is 3.11. The summed E-state index contributed by atoms with van der Waals surface area (Å²) < 4.78 is 6.01. The maximum Gasteiger partial charge on any atom is 0.357 e. The van der Waals surface area contributed by atoms with Crippen molar-refractivity contribution in [2.75, 3.05) is 0 Å². The molecule has 0 aliphatic rings. The standard InChI is InChI=1S/C11H8BrNO3/c1-6-2-7(4-8(12)3-6)10-13-9(5-16-10)11(14)15/h2-5H,1H3,(H,14,15). The van der Waals surface area contributed by atoms with Crippen LogP contribution in [0.4, 0.5) is 0 Å². The zero-order chi connectivity index (χ0) is 11.7. The van der Waals surface area contributed by atoms with Crippen LogP contribution < -0.4 is 0 Å². The summed E-state index contributed by atoms with van der Waals surface area (Å²) in [6, 6.07) is 5.65. The summed E-state index contributed by atoms with van der Waals surface area (Å²) in [5.41, 5.74) is 1.70. The van der Waals surface area contributed by atoms with Gasteiger partial charge >= 0.3 is 5.97 Å². The summed E-state index contributed by atoms with van der Waals surface area (Å²) in [5.74, 6) is -0.788. The Morgan fingerprint density at radius 2 is 2.19 bits per heavy atom. The molecule has 0 saturated heterocycles. The third-order valence-corrected chi connectivity index (χ3v) is 2.47. The summed E-state index contributed by atoms with van der Waals surface area (Å²) in [5, 5.41) is 8.72. The van der Waals surface area contributed by atoms with E-state index in [9.17, 15) is 4.79 Å². The van der Waals surface area contributed by atoms with E-state index in [4.69, 9.17) is 9.52 Å². The zero-order valence-corrected chi connectivity index (χ0v) is 9.98. The average Bonchev–Trinajstić information content (AvgIpc) is 2.64. The number of oxazole rings is 1. The van der Waals surface area contributed by atoms with Gasteiger partial charge in [-0.1, -0.05) is 15.9 Å². The number of hydrogen-bond donors (Lipinski definition) is 1. The van der Waals surface area contributed by atoms with E-state index in [2.05, 4.69) is 20.9 Å². The predicted molar refractivity (Wildman–Crippen MR) is 61.3 cm³/mol. The molecule has 0 saturated carbocycles. The van der Waals surface area contributed by atoms with Crippen molar-refractivity contribution in [1.82, 2.24) is 4.98 Å². The van der Waals surface area contributed by atoms with Crippen molar-refractivity contribution in [3.05, 3.63) is 40.2 Å². The Kier molecular flexibility index (Phi) is 2.78. The van der Waals surface area contributed by atoms with Gasteiger partial charge in [0, 0.05) is 10.0 Å². The molecule has 0 unspecified atom stereocenters. The molecule has 0 fully saturated rings. The number of rotatable bonds is 2. The van der Waals surface area contributed by atoms with Gasteiger partial charge in [0.05, 0.1) is 0 Å². The van der Waals surface area contributed by atoms with E-state index < -0.39 is 5.97 Å². The van der Waals surface area contributed by atoms with Crippen LogP contribution in [0.25, 0.3) is 11.5 Å². The van der Waals surface area contributed by atoms with Gasteiger partial charge in [-0.05, 0) is 30.7 Å². The molecular formula is C11H8BrNO3. The van der Waals surface area contributed by atoms with Crippen LogP contribution in [-0.4, -0.2) is 16.1 Å². The van der Waals surface area contributed by atoms with Gasteiger partial charge in [-0.15, -0.1) is 0 Å². The normalized spacial score (nSPS) is 10.4. The van der Waals surface area contributed by atoms with Crippen LogP contribution in [0, 0.1) is 6.92 Å². The molecule has 4 nitrogen and oxygen atoms in total. The van der Waals surface area contributed by atoms with Gasteiger partial charge in [-0.25, -0.2) is 9.78 Å². The quantitative estimate of drug-likeness (QED) is 0.919. The van der Waals surface area contributed by atoms with Crippen LogP contribution in [0.15, 0.2) is 33.4 Å². The molecule has 1 aromatic carbocycles. The highest BCUT2D eigenvalue weighted by atomic mass is 79.9. The Morgan fingerprint density at radius 3 is 2.75 bits per heavy atom. The number of halogens is 1.